The topological polar surface area (TPSA) is 398 Å². The Hall–Kier alpha value is -10.5. The summed E-state index contributed by atoms with van der Waals surface area (Å²) in [6.07, 6.45) is 22.3. The third kappa shape index (κ3) is 27.8. The van der Waals surface area contributed by atoms with Crippen molar-refractivity contribution in [3.05, 3.63) is 161 Å². The van der Waals surface area contributed by atoms with Crippen LogP contribution in [0.1, 0.15) is 245 Å². The molecule has 33 nitrogen and oxygen atoms in total. The smallest absolute Gasteiger partial charge is 0.259 e. The van der Waals surface area contributed by atoms with Crippen LogP contribution in [0.3, 0.4) is 0 Å². The van der Waals surface area contributed by atoms with Crippen molar-refractivity contribution in [2.24, 2.45) is 0 Å². The van der Waals surface area contributed by atoms with Gasteiger partial charge >= 0.3 is 0 Å². The highest BCUT2D eigenvalue weighted by Gasteiger charge is 2.32. The molecule has 20 aromatic heterocycles. The molecular formula is C87H110N33S10+3. The maximum atomic E-state index is 4.50. The molecule has 0 N–H and O–H groups in total. The molecule has 43 heteroatoms. The fourth-order valence-electron chi connectivity index (χ4n) is 10.2. The van der Waals surface area contributed by atoms with Crippen LogP contribution in [-0.4, -0.2) is 149 Å². The zero-order valence-corrected chi connectivity index (χ0v) is 87.1. The number of hydrogen-bond acceptors (Lipinski definition) is 40. The normalized spacial score (nSPS) is 12.2. The second kappa shape index (κ2) is 41.1. The highest BCUT2D eigenvalue weighted by Crippen LogP contribution is 2.35. The summed E-state index contributed by atoms with van der Waals surface area (Å²) in [5, 5.41) is 55.6. The van der Waals surface area contributed by atoms with E-state index in [-0.39, 0.29) is 54.5 Å². The van der Waals surface area contributed by atoms with Crippen molar-refractivity contribution in [1.82, 2.24) is 149 Å². The van der Waals surface area contributed by atoms with Gasteiger partial charge in [-0.15, -0.1) is 64.6 Å². The minimum absolute atomic E-state index is 0.00699. The Balaban J connectivity index is 0.000000140. The number of hydrogen-bond donors (Lipinski definition) is 0. The lowest BCUT2D eigenvalue weighted by Gasteiger charge is -2.17. The van der Waals surface area contributed by atoms with Gasteiger partial charge < -0.3 is 0 Å². The Morgan fingerprint density at radius 1 is 0.254 bits per heavy atom. The number of nitrogens with zero attached hydrogens (tertiary/aromatic N) is 33. The van der Waals surface area contributed by atoms with Crippen LogP contribution in [0.5, 0.6) is 0 Å². The maximum absolute atomic E-state index is 4.50. The summed E-state index contributed by atoms with van der Waals surface area (Å²) in [6, 6.07) is 14.0. The average Bonchev–Trinajstić information content (AvgIpc) is 1.67. The second-order valence-corrected chi connectivity index (χ2v) is 48.7. The molecule has 0 aliphatic rings. The van der Waals surface area contributed by atoms with Gasteiger partial charge in [-0.2, -0.15) is 20.4 Å². The van der Waals surface area contributed by atoms with Crippen molar-refractivity contribution in [1.29, 1.82) is 0 Å². The number of aromatic nitrogens is 33. The first kappa shape index (κ1) is 100. The first-order chi connectivity index (χ1) is 60.7. The van der Waals surface area contributed by atoms with Crippen LogP contribution in [0.2, 0.25) is 0 Å². The third-order valence-electron chi connectivity index (χ3n) is 17.6. The van der Waals surface area contributed by atoms with Gasteiger partial charge in [-0.3, -0.25) is 9.97 Å². The molecule has 0 saturated carbocycles. The Kier molecular flexibility index (Phi) is 31.6. The van der Waals surface area contributed by atoms with Crippen molar-refractivity contribution in [3.63, 3.8) is 0 Å². The average molecular weight is 1940 g/mol. The fraction of sp³-hybridized carbons (Fsp3) is 0.460. The molecule has 0 fully saturated rings. The molecule has 0 unspecified atom stereocenters. The molecule has 20 rings (SSSR count). The van der Waals surface area contributed by atoms with Crippen LogP contribution in [0.25, 0.3) is 103 Å². The number of thiazole rings is 3. The molecule has 0 aliphatic heterocycles. The Morgan fingerprint density at radius 3 is 1.41 bits per heavy atom. The van der Waals surface area contributed by atoms with E-state index in [0.717, 1.165) is 135 Å². The lowest BCUT2D eigenvalue weighted by Crippen LogP contribution is -2.49. The second-order valence-electron chi connectivity index (χ2n) is 39.7. The van der Waals surface area contributed by atoms with Crippen molar-refractivity contribution in [2.45, 2.75) is 262 Å². The predicted molar refractivity (Wildman–Crippen MR) is 529 cm³/mol. The van der Waals surface area contributed by atoms with E-state index in [2.05, 4.69) is 369 Å². The van der Waals surface area contributed by atoms with Gasteiger partial charge in [-0.05, 0) is 100 Å². The van der Waals surface area contributed by atoms with E-state index in [0.29, 0.717) is 0 Å². The summed E-state index contributed by atoms with van der Waals surface area (Å²) < 4.78 is 27.8. The standard InChI is InChI=1S/7C9H11N3S.3C8H11N4S/c1-9(2,3)8-4-7-6(5-10-8)11-12-13-7;1-9(2,3)8-12-7-6(13-8)4-10-5-11-7;1-9(2,3)8-12-6-4-10-11-5-7(6)13-8;1-9(2,3)8-4-6-7(5-10-8)13-12-11-6;1-9(2,3)6-4-7-8(10-5-6)11-12-13-7;1-9(2,3)8-11-7-6(13-8)4-5-10-12-7;1-9(2,3)7-5-4-6-8(10-7)13-12-11-6;1-8(2,3)12-11-6-4-9-5-10-7(6)13-12;1-8(2,3)12-11-6-7(13-12)10-5-4-9-6;1-8(2,3)12-11-6-4-5-9-10-7(6)13-12/h10*4-5H,1-3H3/q;;;;;;;3*+1. The van der Waals surface area contributed by atoms with Crippen LogP contribution in [0.15, 0.2) is 123 Å². The van der Waals surface area contributed by atoms with Crippen LogP contribution < -0.4 is 12.2 Å². The molecule has 0 aromatic carbocycles. The third-order valence-corrected chi connectivity index (χ3v) is 28.4. The van der Waals surface area contributed by atoms with Crippen molar-refractivity contribution < 1.29 is 12.2 Å². The van der Waals surface area contributed by atoms with Crippen LogP contribution in [0.4, 0.5) is 0 Å². The van der Waals surface area contributed by atoms with Gasteiger partial charge in [0.05, 0.1) is 70.4 Å². The number of fused-ring (bicyclic) bond motifs is 10. The lowest BCUT2D eigenvalue weighted by molar-refractivity contribution is -0.744. The molecule has 20 heterocycles. The van der Waals surface area contributed by atoms with E-state index in [1.165, 1.54) is 81.1 Å². The van der Waals surface area contributed by atoms with Crippen LogP contribution >= 0.6 is 115 Å². The molecule has 0 radical (unpaired) electrons. The first-order valence-corrected chi connectivity index (χ1v) is 49.2. The van der Waals surface area contributed by atoms with Gasteiger partial charge in [0.2, 0.25) is 14.5 Å². The van der Waals surface area contributed by atoms with Crippen molar-refractivity contribution in [3.8, 4) is 0 Å². The van der Waals surface area contributed by atoms with Gasteiger partial charge in [-0.1, -0.05) is 163 Å². The zero-order chi connectivity index (χ0) is 94.7. The van der Waals surface area contributed by atoms with E-state index >= 15 is 0 Å². The minimum atomic E-state index is 0.00699. The zero-order valence-electron chi connectivity index (χ0n) is 78.9. The Bertz CT molecular complexity index is 5830. The number of pyridine rings is 4. The predicted octanol–water partition coefficient (Wildman–Crippen LogP) is 20.1. The van der Waals surface area contributed by atoms with Gasteiger partial charge in [0.15, 0.2) is 84.0 Å². The summed E-state index contributed by atoms with van der Waals surface area (Å²) >= 11 is 15.2. The summed E-state index contributed by atoms with van der Waals surface area (Å²) in [5.74, 6) is 0. The molecule has 0 bridgehead atoms. The SMILES string of the molecule is CC(C)(C)[n+]1nc2ccnnc2s1.CC(C)(C)[n+]1nc2cncnc2s1.CC(C)(C)[n+]1nc2nccnc2s1.CC(C)(C)c1cc2nnsc2cn1.CC(C)(C)c1cc2snnc2cn1.CC(C)(C)c1ccc2nnsc2n1.CC(C)(C)c1cnc2nnsc2c1.CC(C)(C)c1nc2cnncc2s1.CC(C)(C)c1nc2ncncc2s1.CC(C)(C)c1nc2nnccc2s1. The lowest BCUT2D eigenvalue weighted by atomic mass is 9.88. The summed E-state index contributed by atoms with van der Waals surface area (Å²) in [6.45, 7) is 64.2. The molecule has 0 amide bonds. The molecular weight excluding hydrogens is 1830 g/mol. The number of rotatable bonds is 0. The van der Waals surface area contributed by atoms with E-state index < -0.39 is 0 Å². The Morgan fingerprint density at radius 2 is 0.785 bits per heavy atom. The Labute approximate surface area is 795 Å². The van der Waals surface area contributed by atoms with Gasteiger partial charge in [-0.25, -0.2) is 54.8 Å². The molecule has 0 spiro atoms. The van der Waals surface area contributed by atoms with E-state index in [4.69, 9.17) is 0 Å². The first-order valence-electron chi connectivity index (χ1n) is 41.3. The molecule has 20 aromatic rings. The minimum Gasteiger partial charge on any atom is -0.259 e. The van der Waals surface area contributed by atoms with E-state index in [9.17, 15) is 0 Å². The summed E-state index contributed by atoms with van der Waals surface area (Å²) in [4.78, 5) is 58.9. The summed E-state index contributed by atoms with van der Waals surface area (Å²) in [7, 11) is 0. The molecule has 0 atom stereocenters. The van der Waals surface area contributed by atoms with E-state index in [1.54, 1.807) is 101 Å². The fourth-order valence-corrected chi connectivity index (χ4v) is 17.8. The van der Waals surface area contributed by atoms with Crippen LogP contribution in [0, 0.1) is 0 Å². The van der Waals surface area contributed by atoms with Gasteiger partial charge in [0.25, 0.3) is 5.65 Å². The molecule has 0 aliphatic carbocycles. The maximum Gasteiger partial charge on any atom is 0.263 e. The molecule has 680 valence electrons. The largest absolute Gasteiger partial charge is 0.263 e. The van der Waals surface area contributed by atoms with Gasteiger partial charge in [0.1, 0.15) is 44.7 Å². The molecule has 0 saturated heterocycles. The van der Waals surface area contributed by atoms with Gasteiger partial charge in [0, 0.05) is 170 Å². The van der Waals surface area contributed by atoms with E-state index in [1.807, 2.05) is 61.1 Å². The monoisotopic (exact) mass is 1940 g/mol. The molecule has 130 heavy (non-hydrogen) atoms. The quantitative estimate of drug-likeness (QED) is 0.127. The van der Waals surface area contributed by atoms with Crippen molar-refractivity contribution >= 4 is 218 Å². The summed E-state index contributed by atoms with van der Waals surface area (Å²) in [5.41, 5.74) is 13.7. The van der Waals surface area contributed by atoms with Crippen molar-refractivity contribution in [2.75, 3.05) is 0 Å². The highest BCUT2D eigenvalue weighted by atomic mass is 32.1. The highest BCUT2D eigenvalue weighted by molar-refractivity contribution is 7.19. The van der Waals surface area contributed by atoms with Crippen LogP contribution in [-0.2, 0) is 54.5 Å².